The number of nitrogens with two attached hydrogens (primary N) is 1. The number of imidazole rings is 1. The lowest BCUT2D eigenvalue weighted by Gasteiger charge is -2.25. The molecule has 1 saturated heterocycles. The van der Waals surface area contributed by atoms with Crippen molar-refractivity contribution < 1.29 is 18.3 Å². The summed E-state index contributed by atoms with van der Waals surface area (Å²) < 4.78 is 33.0. The maximum absolute atomic E-state index is 13.6. The van der Waals surface area contributed by atoms with Gasteiger partial charge in [0, 0.05) is 17.4 Å². The van der Waals surface area contributed by atoms with E-state index >= 15 is 0 Å². The Morgan fingerprint density at radius 3 is 2.89 bits per heavy atom. The first kappa shape index (κ1) is 24.9. The summed E-state index contributed by atoms with van der Waals surface area (Å²) in [6.07, 6.45) is 1.39. The maximum atomic E-state index is 13.6. The van der Waals surface area contributed by atoms with Crippen molar-refractivity contribution >= 4 is 24.7 Å². The second-order valence-corrected chi connectivity index (χ2v) is 9.95. The Hall–Kier alpha value is -3.21. The molecule has 0 bridgehead atoms. The SMILES string of the molecule is CC[C@H](C)NP(=O)(OC[C@H]1O[C@@H](n2cnc3c(N)nc(C)nc32)CC1N=[N+]=[N-])Oc1ccccc1. The largest absolute Gasteiger partial charge is 0.459 e. The molecule has 186 valence electrons. The number of rotatable bonds is 10. The van der Waals surface area contributed by atoms with Gasteiger partial charge in [0.15, 0.2) is 11.5 Å². The zero-order chi connectivity index (χ0) is 25.0. The molecule has 0 amide bonds. The minimum atomic E-state index is -3.76. The van der Waals surface area contributed by atoms with Gasteiger partial charge in [-0.05, 0) is 37.9 Å². The monoisotopic (exact) mass is 501 g/mol. The third kappa shape index (κ3) is 5.72. The lowest BCUT2D eigenvalue weighted by molar-refractivity contribution is -0.0202. The fourth-order valence-corrected chi connectivity index (χ4v) is 5.37. The highest BCUT2D eigenvalue weighted by Gasteiger charge is 2.39. The Bertz CT molecular complexity index is 1260. The highest BCUT2D eigenvalue weighted by atomic mass is 31.2. The first-order valence-corrected chi connectivity index (χ1v) is 12.8. The lowest BCUT2D eigenvalue weighted by Crippen LogP contribution is -2.30. The van der Waals surface area contributed by atoms with Crippen molar-refractivity contribution in [1.82, 2.24) is 24.6 Å². The minimum absolute atomic E-state index is 0.125. The number of azide groups is 1. The number of para-hydroxylation sites is 1. The summed E-state index contributed by atoms with van der Waals surface area (Å²) in [5, 5.41) is 6.82. The van der Waals surface area contributed by atoms with Crippen molar-refractivity contribution in [2.75, 3.05) is 12.3 Å². The third-order valence-electron chi connectivity index (χ3n) is 5.64. The summed E-state index contributed by atoms with van der Waals surface area (Å²) in [6.45, 7) is 5.45. The van der Waals surface area contributed by atoms with Crippen LogP contribution in [-0.4, -0.2) is 44.3 Å². The summed E-state index contributed by atoms with van der Waals surface area (Å²) >= 11 is 0. The molecule has 4 rings (SSSR count). The van der Waals surface area contributed by atoms with Gasteiger partial charge in [-0.2, -0.15) is 0 Å². The third-order valence-corrected chi connectivity index (χ3v) is 7.34. The van der Waals surface area contributed by atoms with Crippen LogP contribution < -0.4 is 15.3 Å². The van der Waals surface area contributed by atoms with E-state index in [4.69, 9.17) is 25.0 Å². The Balaban J connectivity index is 1.54. The number of hydrogen-bond acceptors (Lipinski definition) is 9. The van der Waals surface area contributed by atoms with Crippen LogP contribution in [0, 0.1) is 6.92 Å². The van der Waals surface area contributed by atoms with Crippen LogP contribution in [0.3, 0.4) is 0 Å². The maximum Gasteiger partial charge on any atom is 0.459 e. The average molecular weight is 501 g/mol. The second kappa shape index (κ2) is 10.6. The smallest absolute Gasteiger partial charge is 0.413 e. The summed E-state index contributed by atoms with van der Waals surface area (Å²) in [6, 6.07) is 8.07. The van der Waals surface area contributed by atoms with Crippen LogP contribution in [-0.2, 0) is 13.8 Å². The van der Waals surface area contributed by atoms with Crippen molar-refractivity contribution in [1.29, 1.82) is 0 Å². The van der Waals surface area contributed by atoms with E-state index in [1.54, 1.807) is 42.1 Å². The van der Waals surface area contributed by atoms with Crippen LogP contribution in [0.4, 0.5) is 5.82 Å². The predicted octanol–water partition coefficient (Wildman–Crippen LogP) is 4.28. The van der Waals surface area contributed by atoms with Gasteiger partial charge in [-0.3, -0.25) is 9.09 Å². The lowest BCUT2D eigenvalue weighted by atomic mass is 10.1. The number of hydrogen-bond donors (Lipinski definition) is 2. The molecule has 1 aliphatic rings. The first-order valence-electron chi connectivity index (χ1n) is 11.2. The van der Waals surface area contributed by atoms with Crippen molar-refractivity contribution in [3.63, 3.8) is 0 Å². The van der Waals surface area contributed by atoms with E-state index in [2.05, 4.69) is 30.1 Å². The summed E-state index contributed by atoms with van der Waals surface area (Å²) in [5.74, 6) is 1.17. The minimum Gasteiger partial charge on any atom is -0.413 e. The van der Waals surface area contributed by atoms with Gasteiger partial charge < -0.3 is 15.0 Å². The van der Waals surface area contributed by atoms with E-state index in [0.29, 0.717) is 35.6 Å². The quantitative estimate of drug-likeness (QED) is 0.178. The molecule has 13 nitrogen and oxygen atoms in total. The fraction of sp³-hybridized carbons (Fsp3) is 0.476. The van der Waals surface area contributed by atoms with E-state index in [1.807, 2.05) is 19.9 Å². The van der Waals surface area contributed by atoms with Crippen molar-refractivity contribution in [2.45, 2.75) is 58.0 Å². The number of ether oxygens (including phenoxy) is 1. The molecule has 35 heavy (non-hydrogen) atoms. The number of aryl methyl sites for hydroxylation is 1. The van der Waals surface area contributed by atoms with E-state index in [-0.39, 0.29) is 18.5 Å². The molecule has 2 aromatic heterocycles. The summed E-state index contributed by atoms with van der Waals surface area (Å²) in [4.78, 5) is 15.8. The highest BCUT2D eigenvalue weighted by molar-refractivity contribution is 7.52. The van der Waals surface area contributed by atoms with Crippen LogP contribution in [0.1, 0.15) is 38.7 Å². The number of anilines is 1. The number of nitrogens with one attached hydrogen (secondary N) is 1. The molecule has 1 fully saturated rings. The van der Waals surface area contributed by atoms with Crippen LogP contribution in [0.25, 0.3) is 21.6 Å². The van der Waals surface area contributed by atoms with E-state index in [1.165, 1.54) is 0 Å². The Labute approximate surface area is 202 Å². The van der Waals surface area contributed by atoms with Crippen molar-refractivity contribution in [3.8, 4) is 5.75 Å². The van der Waals surface area contributed by atoms with Crippen molar-refractivity contribution in [2.24, 2.45) is 5.11 Å². The van der Waals surface area contributed by atoms with Crippen LogP contribution in [0.5, 0.6) is 5.75 Å². The molecule has 0 spiro atoms. The van der Waals surface area contributed by atoms with E-state index < -0.39 is 26.1 Å². The van der Waals surface area contributed by atoms with Gasteiger partial charge in [0.1, 0.15) is 23.3 Å². The van der Waals surface area contributed by atoms with Gasteiger partial charge in [0.2, 0.25) is 0 Å². The van der Waals surface area contributed by atoms with Crippen LogP contribution in [0.2, 0.25) is 0 Å². The number of nitrogen functional groups attached to an aromatic ring is 1. The topological polar surface area (TPSA) is 175 Å². The Kier molecular flexibility index (Phi) is 7.54. The van der Waals surface area contributed by atoms with Crippen molar-refractivity contribution in [3.05, 3.63) is 52.9 Å². The van der Waals surface area contributed by atoms with E-state index in [9.17, 15) is 4.57 Å². The van der Waals surface area contributed by atoms with Crippen LogP contribution in [0.15, 0.2) is 41.8 Å². The molecular formula is C21H28N9O4P. The average Bonchev–Trinajstić information content (AvgIpc) is 3.42. The normalized spacial score (nSPS) is 22.4. The standard InChI is InChI=1S/C21H28N9O4P/c1-4-13(2)28-35(31,34-15-8-6-5-7-9-15)32-11-17-16(27-29-23)10-18(33-17)30-12-24-19-20(22)25-14(3)26-21(19)30/h5-9,12-13,16-18H,4,10-11H2,1-3H3,(H,28,31)(H2,22,25,26)/t13-,16?,17+,18+,35?/m0/s1. The molecule has 3 heterocycles. The number of fused-ring (bicyclic) bond motifs is 1. The fourth-order valence-electron chi connectivity index (χ4n) is 3.73. The van der Waals surface area contributed by atoms with Gasteiger partial charge in [-0.25, -0.2) is 24.6 Å². The van der Waals surface area contributed by atoms with Gasteiger partial charge in [0.25, 0.3) is 0 Å². The Morgan fingerprint density at radius 2 is 2.17 bits per heavy atom. The van der Waals surface area contributed by atoms with Gasteiger partial charge >= 0.3 is 7.75 Å². The molecule has 3 N–H and O–H groups in total. The second-order valence-electron chi connectivity index (χ2n) is 8.25. The molecule has 0 aliphatic carbocycles. The molecule has 0 saturated carbocycles. The molecule has 0 radical (unpaired) electrons. The molecular weight excluding hydrogens is 473 g/mol. The van der Waals surface area contributed by atoms with E-state index in [0.717, 1.165) is 0 Å². The zero-order valence-corrected chi connectivity index (χ0v) is 20.6. The Morgan fingerprint density at radius 1 is 1.40 bits per heavy atom. The molecule has 1 aliphatic heterocycles. The molecule has 3 aromatic rings. The summed E-state index contributed by atoms with van der Waals surface area (Å²) in [7, 11) is -3.76. The van der Waals surface area contributed by atoms with Crippen LogP contribution >= 0.6 is 7.75 Å². The molecule has 2 unspecified atom stereocenters. The predicted molar refractivity (Wildman–Crippen MR) is 129 cm³/mol. The molecule has 5 atom stereocenters. The highest BCUT2D eigenvalue weighted by Crippen LogP contribution is 2.46. The number of nitrogens with zero attached hydrogens (tertiary/aromatic N) is 7. The number of aromatic nitrogens is 4. The zero-order valence-electron chi connectivity index (χ0n) is 19.7. The first-order chi connectivity index (χ1) is 16.8. The summed E-state index contributed by atoms with van der Waals surface area (Å²) in [5.41, 5.74) is 16.0. The van der Waals surface area contributed by atoms with Gasteiger partial charge in [-0.1, -0.05) is 30.2 Å². The number of benzene rings is 1. The molecule has 14 heteroatoms. The van der Waals surface area contributed by atoms with Gasteiger partial charge in [0.05, 0.1) is 25.1 Å². The molecule has 1 aromatic carbocycles. The van der Waals surface area contributed by atoms with Gasteiger partial charge in [-0.15, -0.1) is 0 Å².